The molecule has 1 rings (SSSR count). The molecule has 0 saturated carbocycles. The number of benzene rings is 1. The zero-order chi connectivity index (χ0) is 17.0. The van der Waals surface area contributed by atoms with Gasteiger partial charge in [-0.05, 0) is 29.7 Å². The molecule has 0 atom stereocenters. The molecule has 0 aliphatic carbocycles. The van der Waals surface area contributed by atoms with E-state index in [0.717, 1.165) is 19.3 Å². The predicted molar refractivity (Wildman–Crippen MR) is 91.8 cm³/mol. The van der Waals surface area contributed by atoms with Crippen LogP contribution in [0.15, 0.2) is 30.3 Å². The van der Waals surface area contributed by atoms with Gasteiger partial charge in [-0.3, -0.25) is 0 Å². The SMILES string of the molecule is CC(C)(C)CCCCCC(=O)OO.CC(C)c1ccccc1. The van der Waals surface area contributed by atoms with Gasteiger partial charge < -0.3 is 4.89 Å². The third-order valence-electron chi connectivity index (χ3n) is 3.38. The molecule has 0 aromatic heterocycles. The number of carbonyl (C=O) groups is 1. The summed E-state index contributed by atoms with van der Waals surface area (Å²) in [7, 11) is 0. The third kappa shape index (κ3) is 12.4. The van der Waals surface area contributed by atoms with Crippen LogP contribution in [0.3, 0.4) is 0 Å². The Morgan fingerprint density at radius 3 is 2.09 bits per heavy atom. The maximum absolute atomic E-state index is 10.5. The largest absolute Gasteiger partial charge is 0.342 e. The van der Waals surface area contributed by atoms with Crippen molar-refractivity contribution in [1.82, 2.24) is 0 Å². The Hall–Kier alpha value is -1.35. The summed E-state index contributed by atoms with van der Waals surface area (Å²) < 4.78 is 0. The summed E-state index contributed by atoms with van der Waals surface area (Å²) >= 11 is 0. The summed E-state index contributed by atoms with van der Waals surface area (Å²) in [6.07, 6.45) is 4.44. The average molecular weight is 308 g/mol. The second-order valence-corrected chi connectivity index (χ2v) is 7.15. The van der Waals surface area contributed by atoms with Gasteiger partial charge >= 0.3 is 5.97 Å². The zero-order valence-electron chi connectivity index (χ0n) is 14.8. The predicted octanol–water partition coefficient (Wildman–Crippen LogP) is 5.81. The minimum Gasteiger partial charge on any atom is -0.301 e. The quantitative estimate of drug-likeness (QED) is 0.410. The van der Waals surface area contributed by atoms with Gasteiger partial charge in [0.05, 0.1) is 0 Å². The molecule has 0 radical (unpaired) electrons. The highest BCUT2D eigenvalue weighted by Crippen LogP contribution is 2.22. The first kappa shape index (κ1) is 20.6. The highest BCUT2D eigenvalue weighted by atomic mass is 17.1. The van der Waals surface area contributed by atoms with Crippen LogP contribution >= 0.6 is 0 Å². The topological polar surface area (TPSA) is 46.5 Å². The molecule has 0 unspecified atom stereocenters. The molecule has 1 aromatic rings. The molecule has 126 valence electrons. The second kappa shape index (κ2) is 11.2. The van der Waals surface area contributed by atoms with Crippen LogP contribution in [0.4, 0.5) is 0 Å². The number of hydrogen-bond donors (Lipinski definition) is 1. The van der Waals surface area contributed by atoms with Crippen LogP contribution in [0.25, 0.3) is 0 Å². The van der Waals surface area contributed by atoms with E-state index in [0.29, 0.717) is 17.8 Å². The second-order valence-electron chi connectivity index (χ2n) is 7.15. The van der Waals surface area contributed by atoms with Gasteiger partial charge in [0, 0.05) is 6.42 Å². The molecule has 3 heteroatoms. The molecule has 1 aromatic carbocycles. The van der Waals surface area contributed by atoms with Crippen molar-refractivity contribution in [2.45, 2.75) is 72.6 Å². The molecule has 3 nitrogen and oxygen atoms in total. The van der Waals surface area contributed by atoms with E-state index in [9.17, 15) is 4.79 Å². The molecular formula is C19H32O3. The minimum atomic E-state index is -0.532. The molecule has 22 heavy (non-hydrogen) atoms. The van der Waals surface area contributed by atoms with E-state index in [1.54, 1.807) is 0 Å². The van der Waals surface area contributed by atoms with Gasteiger partial charge in [0.25, 0.3) is 0 Å². The Morgan fingerprint density at radius 1 is 1.09 bits per heavy atom. The lowest BCUT2D eigenvalue weighted by atomic mass is 9.89. The van der Waals surface area contributed by atoms with Crippen molar-refractivity contribution in [2.24, 2.45) is 5.41 Å². The van der Waals surface area contributed by atoms with Crippen molar-refractivity contribution in [3.8, 4) is 0 Å². The molecule has 0 aliphatic rings. The fourth-order valence-electron chi connectivity index (χ4n) is 1.99. The van der Waals surface area contributed by atoms with Gasteiger partial charge in [0.15, 0.2) is 0 Å². The van der Waals surface area contributed by atoms with Gasteiger partial charge in [-0.25, -0.2) is 4.79 Å². The maximum atomic E-state index is 10.5. The lowest BCUT2D eigenvalue weighted by molar-refractivity contribution is -0.234. The van der Waals surface area contributed by atoms with Crippen molar-refractivity contribution in [2.75, 3.05) is 0 Å². The number of hydrogen-bond acceptors (Lipinski definition) is 3. The normalized spacial score (nSPS) is 10.9. The van der Waals surface area contributed by atoms with E-state index in [1.165, 1.54) is 12.0 Å². The molecule has 0 spiro atoms. The summed E-state index contributed by atoms with van der Waals surface area (Å²) in [6.45, 7) is 11.0. The van der Waals surface area contributed by atoms with Crippen LogP contribution in [-0.4, -0.2) is 11.2 Å². The molecule has 0 heterocycles. The minimum absolute atomic E-state index is 0.320. The molecular weight excluding hydrogens is 276 g/mol. The van der Waals surface area contributed by atoms with Crippen molar-refractivity contribution < 1.29 is 14.9 Å². The molecule has 1 N–H and O–H groups in total. The molecule has 0 amide bonds. The van der Waals surface area contributed by atoms with Crippen LogP contribution in [0, 0.1) is 5.41 Å². The smallest absolute Gasteiger partial charge is 0.301 e. The molecule has 0 saturated heterocycles. The van der Waals surface area contributed by atoms with Crippen LogP contribution < -0.4 is 0 Å². The van der Waals surface area contributed by atoms with Gasteiger partial charge in [0.2, 0.25) is 0 Å². The Labute approximate surface area is 135 Å². The van der Waals surface area contributed by atoms with Gasteiger partial charge in [-0.15, -0.1) is 0 Å². The first-order chi connectivity index (χ1) is 10.3. The van der Waals surface area contributed by atoms with E-state index in [2.05, 4.69) is 63.8 Å². The van der Waals surface area contributed by atoms with Crippen molar-refractivity contribution in [3.63, 3.8) is 0 Å². The zero-order valence-corrected chi connectivity index (χ0v) is 14.8. The summed E-state index contributed by atoms with van der Waals surface area (Å²) in [5.74, 6) is 0.127. The lowest BCUT2D eigenvalue weighted by Crippen LogP contribution is -2.04. The highest BCUT2D eigenvalue weighted by molar-refractivity contribution is 5.68. The van der Waals surface area contributed by atoms with E-state index >= 15 is 0 Å². The van der Waals surface area contributed by atoms with E-state index in [4.69, 9.17) is 5.26 Å². The number of carbonyl (C=O) groups excluding carboxylic acids is 1. The summed E-state index contributed by atoms with van der Waals surface area (Å²) in [4.78, 5) is 14.1. The first-order valence-electron chi connectivity index (χ1n) is 8.15. The maximum Gasteiger partial charge on any atom is 0.342 e. The van der Waals surface area contributed by atoms with Crippen molar-refractivity contribution in [1.29, 1.82) is 0 Å². The van der Waals surface area contributed by atoms with Gasteiger partial charge in [-0.1, -0.05) is 77.8 Å². The fourth-order valence-corrected chi connectivity index (χ4v) is 1.99. The van der Waals surface area contributed by atoms with Gasteiger partial charge in [-0.2, -0.15) is 5.26 Å². The van der Waals surface area contributed by atoms with E-state index in [-0.39, 0.29) is 0 Å². The Balaban J connectivity index is 0.000000425. The van der Waals surface area contributed by atoms with Crippen molar-refractivity contribution >= 4 is 5.97 Å². The Morgan fingerprint density at radius 2 is 1.68 bits per heavy atom. The lowest BCUT2D eigenvalue weighted by Gasteiger charge is -2.17. The van der Waals surface area contributed by atoms with Crippen LogP contribution in [0.1, 0.15) is 78.2 Å². The molecule has 0 bridgehead atoms. The standard InChI is InChI=1S/C10H20O3.C9H12/c1-10(2,3)8-6-4-5-7-9(11)13-12;1-8(2)9-6-4-3-5-7-9/h12H,4-8H2,1-3H3;3-8H,1-2H3. The summed E-state index contributed by atoms with van der Waals surface area (Å²) in [5.41, 5.74) is 1.79. The highest BCUT2D eigenvalue weighted by Gasteiger charge is 2.09. The van der Waals surface area contributed by atoms with E-state index in [1.807, 2.05) is 6.07 Å². The summed E-state index contributed by atoms with van der Waals surface area (Å²) in [5, 5.41) is 7.97. The van der Waals surface area contributed by atoms with Gasteiger partial charge in [0.1, 0.15) is 0 Å². The first-order valence-corrected chi connectivity index (χ1v) is 8.15. The molecule has 0 fully saturated rings. The average Bonchev–Trinajstić information content (AvgIpc) is 2.47. The van der Waals surface area contributed by atoms with Crippen LogP contribution in [0.2, 0.25) is 0 Å². The van der Waals surface area contributed by atoms with Crippen LogP contribution in [-0.2, 0) is 9.68 Å². The molecule has 0 aliphatic heterocycles. The monoisotopic (exact) mass is 308 g/mol. The third-order valence-corrected chi connectivity index (χ3v) is 3.38. The Kier molecular flexibility index (Phi) is 10.6. The van der Waals surface area contributed by atoms with E-state index < -0.39 is 5.97 Å². The number of unbranched alkanes of at least 4 members (excludes halogenated alkanes) is 2. The fraction of sp³-hybridized carbons (Fsp3) is 0.632. The van der Waals surface area contributed by atoms with Crippen LogP contribution in [0.5, 0.6) is 0 Å². The Bertz CT molecular complexity index is 391. The van der Waals surface area contributed by atoms with Crippen molar-refractivity contribution in [3.05, 3.63) is 35.9 Å². The number of rotatable bonds is 6. The summed E-state index contributed by atoms with van der Waals surface area (Å²) in [6, 6.07) is 10.5.